The van der Waals surface area contributed by atoms with E-state index >= 15 is 0 Å². The SMILES string of the molecule is COc1cc(C2C(C(=O)c3cccs3)=C(O)C(=O)N2c2nc3c(C)cc(C)cc3s2)ccc1O. The van der Waals surface area contributed by atoms with Gasteiger partial charge in [0.05, 0.1) is 33.8 Å². The molecule has 0 saturated carbocycles. The normalized spacial score (nSPS) is 16.0. The van der Waals surface area contributed by atoms with Gasteiger partial charge in [0, 0.05) is 0 Å². The van der Waals surface area contributed by atoms with Gasteiger partial charge < -0.3 is 14.9 Å². The lowest BCUT2D eigenvalue weighted by Gasteiger charge is -2.24. The number of aryl methyl sites for hydroxylation is 2. The Bertz CT molecular complexity index is 1490. The number of fused-ring (bicyclic) bond motifs is 1. The van der Waals surface area contributed by atoms with E-state index < -0.39 is 23.5 Å². The number of benzene rings is 2. The number of aliphatic hydroxyl groups is 1. The Balaban J connectivity index is 1.72. The number of nitrogens with zero attached hydrogens (tertiary/aromatic N) is 2. The van der Waals surface area contributed by atoms with Crippen LogP contribution in [0.5, 0.6) is 11.5 Å². The number of Topliss-reactive ketones (excluding diaryl/α,β-unsaturated/α-hetero) is 1. The zero-order valence-electron chi connectivity index (χ0n) is 18.5. The fourth-order valence-corrected chi connectivity index (χ4v) is 6.06. The summed E-state index contributed by atoms with van der Waals surface area (Å²) in [5.41, 5.74) is 3.27. The number of aromatic nitrogens is 1. The van der Waals surface area contributed by atoms with Crippen LogP contribution in [0.4, 0.5) is 5.13 Å². The number of phenols is 1. The first-order valence-corrected chi connectivity index (χ1v) is 12.1. The molecule has 0 fully saturated rings. The second-order valence-electron chi connectivity index (χ2n) is 8.00. The molecular weight excluding hydrogens is 472 g/mol. The molecule has 5 rings (SSSR count). The number of carbonyl (C=O) groups is 2. The Kier molecular flexibility index (Phi) is 5.38. The number of anilines is 1. The summed E-state index contributed by atoms with van der Waals surface area (Å²) in [6.45, 7) is 3.94. The fourth-order valence-electron chi connectivity index (χ4n) is 4.22. The predicted molar refractivity (Wildman–Crippen MR) is 132 cm³/mol. The smallest absolute Gasteiger partial charge is 0.296 e. The molecule has 4 aromatic rings. The van der Waals surface area contributed by atoms with E-state index in [1.807, 2.05) is 26.0 Å². The molecule has 0 saturated heterocycles. The van der Waals surface area contributed by atoms with E-state index in [1.54, 1.807) is 29.6 Å². The highest BCUT2D eigenvalue weighted by Gasteiger charge is 2.46. The Hall–Kier alpha value is -3.69. The summed E-state index contributed by atoms with van der Waals surface area (Å²) in [6, 6.07) is 11.0. The molecule has 0 radical (unpaired) electrons. The van der Waals surface area contributed by atoms with Gasteiger partial charge >= 0.3 is 0 Å². The van der Waals surface area contributed by atoms with E-state index in [0.717, 1.165) is 21.3 Å². The number of methoxy groups -OCH3 is 1. The number of aromatic hydroxyl groups is 1. The molecule has 2 aromatic heterocycles. The van der Waals surface area contributed by atoms with E-state index in [0.29, 0.717) is 15.6 Å². The van der Waals surface area contributed by atoms with Gasteiger partial charge in [-0.1, -0.05) is 29.5 Å². The van der Waals surface area contributed by atoms with Crippen molar-refractivity contribution in [2.24, 2.45) is 0 Å². The third-order valence-electron chi connectivity index (χ3n) is 5.74. The van der Waals surface area contributed by atoms with Crippen LogP contribution in [0.15, 0.2) is 59.2 Å². The number of rotatable bonds is 5. The van der Waals surface area contributed by atoms with Crippen LogP contribution in [-0.4, -0.2) is 34.0 Å². The molecule has 7 nitrogen and oxygen atoms in total. The van der Waals surface area contributed by atoms with E-state index in [9.17, 15) is 19.8 Å². The number of phenolic OH excluding ortho intramolecular Hbond substituents is 1. The van der Waals surface area contributed by atoms with E-state index in [-0.39, 0.29) is 17.1 Å². The Labute approximate surface area is 203 Å². The maximum atomic E-state index is 13.4. The van der Waals surface area contributed by atoms with Gasteiger partial charge in [-0.25, -0.2) is 4.98 Å². The number of thiophene rings is 1. The van der Waals surface area contributed by atoms with E-state index in [2.05, 4.69) is 0 Å². The summed E-state index contributed by atoms with van der Waals surface area (Å²) >= 11 is 2.55. The number of hydrogen-bond acceptors (Lipinski definition) is 8. The largest absolute Gasteiger partial charge is 0.504 e. The number of ketones is 1. The van der Waals surface area contributed by atoms with Crippen molar-refractivity contribution in [1.82, 2.24) is 4.98 Å². The molecule has 34 heavy (non-hydrogen) atoms. The summed E-state index contributed by atoms with van der Waals surface area (Å²) < 4.78 is 6.16. The molecule has 1 unspecified atom stereocenters. The summed E-state index contributed by atoms with van der Waals surface area (Å²) in [4.78, 5) is 33.3. The van der Waals surface area contributed by atoms with E-state index in [1.165, 1.54) is 40.7 Å². The predicted octanol–water partition coefficient (Wildman–Crippen LogP) is 5.47. The van der Waals surface area contributed by atoms with Crippen molar-refractivity contribution >= 4 is 49.7 Å². The van der Waals surface area contributed by atoms with Crippen LogP contribution in [0.25, 0.3) is 10.2 Å². The minimum absolute atomic E-state index is 0.0349. The molecule has 0 spiro atoms. The highest BCUT2D eigenvalue weighted by molar-refractivity contribution is 7.22. The summed E-state index contributed by atoms with van der Waals surface area (Å²) in [5, 5.41) is 23.1. The van der Waals surface area contributed by atoms with Gasteiger partial charge in [-0.05, 0) is 60.2 Å². The van der Waals surface area contributed by atoms with Crippen molar-refractivity contribution in [3.8, 4) is 11.5 Å². The number of amides is 1. The van der Waals surface area contributed by atoms with Crippen LogP contribution < -0.4 is 9.64 Å². The van der Waals surface area contributed by atoms with Gasteiger partial charge in [0.15, 0.2) is 22.4 Å². The summed E-state index contributed by atoms with van der Waals surface area (Å²) in [7, 11) is 1.42. The fraction of sp³-hybridized carbons (Fsp3) is 0.160. The van der Waals surface area contributed by atoms with Crippen LogP contribution in [0.2, 0.25) is 0 Å². The summed E-state index contributed by atoms with van der Waals surface area (Å²) in [6.07, 6.45) is 0. The van der Waals surface area contributed by atoms with Gasteiger partial charge in [-0.15, -0.1) is 11.3 Å². The van der Waals surface area contributed by atoms with Gasteiger partial charge in [0.25, 0.3) is 5.91 Å². The molecule has 0 aliphatic carbocycles. The second kappa shape index (κ2) is 8.27. The molecule has 9 heteroatoms. The Morgan fingerprint density at radius 1 is 1.15 bits per heavy atom. The first-order valence-electron chi connectivity index (χ1n) is 10.4. The monoisotopic (exact) mass is 492 g/mol. The van der Waals surface area contributed by atoms with Crippen molar-refractivity contribution in [2.45, 2.75) is 19.9 Å². The first-order chi connectivity index (χ1) is 16.3. The van der Waals surface area contributed by atoms with Gasteiger partial charge in [-0.2, -0.15) is 0 Å². The molecule has 1 aliphatic rings. The number of thiazole rings is 1. The highest BCUT2D eigenvalue weighted by Crippen LogP contribution is 2.46. The Morgan fingerprint density at radius 2 is 1.94 bits per heavy atom. The molecule has 2 aromatic carbocycles. The van der Waals surface area contributed by atoms with Gasteiger partial charge in [-0.3, -0.25) is 14.5 Å². The van der Waals surface area contributed by atoms with Crippen molar-refractivity contribution in [3.05, 3.63) is 80.7 Å². The van der Waals surface area contributed by atoms with Crippen LogP contribution in [0.3, 0.4) is 0 Å². The van der Waals surface area contributed by atoms with Gasteiger partial charge in [0.2, 0.25) is 5.78 Å². The lowest BCUT2D eigenvalue weighted by Crippen LogP contribution is -2.30. The average Bonchev–Trinajstić information content (AvgIpc) is 3.53. The van der Waals surface area contributed by atoms with Crippen LogP contribution >= 0.6 is 22.7 Å². The third-order valence-corrected chi connectivity index (χ3v) is 7.61. The third kappa shape index (κ3) is 3.44. The number of hydrogen-bond donors (Lipinski definition) is 2. The number of carbonyl (C=O) groups excluding carboxylic acids is 2. The average molecular weight is 493 g/mol. The minimum Gasteiger partial charge on any atom is -0.504 e. The summed E-state index contributed by atoms with van der Waals surface area (Å²) in [5.74, 6) is -1.64. The number of ether oxygens (including phenoxy) is 1. The standard InChI is InChI=1S/C25H20N2O5S2/c1-12-9-13(2)20-18(10-12)34-25(26-20)27-21(14-6-7-15(28)16(11-14)32-3)19(23(30)24(27)31)22(29)17-5-4-8-33-17/h4-11,21,28,30H,1-3H3. The molecule has 1 amide bonds. The molecule has 2 N–H and O–H groups in total. The maximum Gasteiger partial charge on any atom is 0.296 e. The lowest BCUT2D eigenvalue weighted by atomic mass is 9.95. The molecule has 3 heterocycles. The lowest BCUT2D eigenvalue weighted by molar-refractivity contribution is -0.117. The van der Waals surface area contributed by atoms with Crippen molar-refractivity contribution in [1.29, 1.82) is 0 Å². The van der Waals surface area contributed by atoms with Gasteiger partial charge in [0.1, 0.15) is 0 Å². The molecule has 1 atom stereocenters. The minimum atomic E-state index is -0.946. The molecule has 0 bridgehead atoms. The van der Waals surface area contributed by atoms with Crippen LogP contribution in [0.1, 0.15) is 32.4 Å². The maximum absolute atomic E-state index is 13.4. The van der Waals surface area contributed by atoms with Crippen molar-refractivity contribution in [2.75, 3.05) is 12.0 Å². The second-order valence-corrected chi connectivity index (χ2v) is 9.96. The number of aliphatic hydroxyl groups excluding tert-OH is 1. The topological polar surface area (TPSA) is 100.0 Å². The molecule has 172 valence electrons. The first kappa shape index (κ1) is 22.1. The quantitative estimate of drug-likeness (QED) is 0.358. The Morgan fingerprint density at radius 3 is 2.65 bits per heavy atom. The zero-order valence-corrected chi connectivity index (χ0v) is 20.2. The van der Waals surface area contributed by atoms with Crippen LogP contribution in [0, 0.1) is 13.8 Å². The molecular formula is C25H20N2O5S2. The van der Waals surface area contributed by atoms with Crippen LogP contribution in [-0.2, 0) is 4.79 Å². The molecule has 1 aliphatic heterocycles. The van der Waals surface area contributed by atoms with Crippen molar-refractivity contribution < 1.29 is 24.5 Å². The zero-order chi connectivity index (χ0) is 24.1. The highest BCUT2D eigenvalue weighted by atomic mass is 32.1. The van der Waals surface area contributed by atoms with Crippen molar-refractivity contribution in [3.63, 3.8) is 0 Å². The van der Waals surface area contributed by atoms with E-state index in [4.69, 9.17) is 9.72 Å².